The highest BCUT2D eigenvalue weighted by Crippen LogP contribution is 2.27. The number of hydrogen-bond donors (Lipinski definition) is 1. The fourth-order valence-electron chi connectivity index (χ4n) is 3.71. The fraction of sp³-hybridized carbons (Fsp3) is 0.381. The molecule has 0 unspecified atom stereocenters. The number of nitrogens with one attached hydrogen (secondary N) is 1. The number of imidazole rings is 1. The molecule has 1 aromatic carbocycles. The van der Waals surface area contributed by atoms with Gasteiger partial charge in [0.15, 0.2) is 0 Å². The van der Waals surface area contributed by atoms with Crippen molar-refractivity contribution in [3.05, 3.63) is 54.0 Å². The maximum atomic E-state index is 13.1. The van der Waals surface area contributed by atoms with E-state index in [1.807, 2.05) is 42.8 Å². The Kier molecular flexibility index (Phi) is 4.79. The molecule has 0 spiro atoms. The maximum absolute atomic E-state index is 13.1. The molecule has 0 saturated heterocycles. The van der Waals surface area contributed by atoms with Crippen molar-refractivity contribution in [3.8, 4) is 11.4 Å². The molecule has 140 valence electrons. The number of fused-ring (bicyclic) bond motifs is 1. The van der Waals surface area contributed by atoms with Gasteiger partial charge in [0.2, 0.25) is 0 Å². The molecular formula is C21H25N5O. The second-order valence-corrected chi connectivity index (χ2v) is 7.27. The minimum atomic E-state index is -0.162. The van der Waals surface area contributed by atoms with Gasteiger partial charge >= 0.3 is 0 Å². The lowest BCUT2D eigenvalue weighted by molar-refractivity contribution is 0.102. The Morgan fingerprint density at radius 1 is 1.11 bits per heavy atom. The molecule has 0 atom stereocenters. The summed E-state index contributed by atoms with van der Waals surface area (Å²) in [5, 5.41) is 7.30. The lowest BCUT2D eigenvalue weighted by atomic mass is 10.1. The summed E-state index contributed by atoms with van der Waals surface area (Å²) in [4.78, 5) is 17.9. The number of carbonyl (C=O) groups excluding carboxylic acids is 1. The molecular weight excluding hydrogens is 338 g/mol. The van der Waals surface area contributed by atoms with Crippen molar-refractivity contribution in [1.82, 2.24) is 19.3 Å². The number of anilines is 1. The second-order valence-electron chi connectivity index (χ2n) is 7.27. The van der Waals surface area contributed by atoms with E-state index in [0.717, 1.165) is 42.9 Å². The number of amides is 1. The van der Waals surface area contributed by atoms with Crippen molar-refractivity contribution >= 4 is 11.7 Å². The molecule has 3 heterocycles. The van der Waals surface area contributed by atoms with Gasteiger partial charge in [-0.05, 0) is 33.1 Å². The van der Waals surface area contributed by atoms with Crippen LogP contribution < -0.4 is 5.32 Å². The average Bonchev–Trinajstić information content (AvgIpc) is 3.20. The molecule has 2 aromatic heterocycles. The van der Waals surface area contributed by atoms with Crippen LogP contribution in [0.4, 0.5) is 5.82 Å². The first-order valence-corrected chi connectivity index (χ1v) is 9.65. The fourth-order valence-corrected chi connectivity index (χ4v) is 3.71. The molecule has 1 aliphatic rings. The molecule has 3 aromatic rings. The van der Waals surface area contributed by atoms with Crippen LogP contribution in [0.5, 0.6) is 0 Å². The van der Waals surface area contributed by atoms with Gasteiger partial charge in [-0.25, -0.2) is 9.67 Å². The van der Waals surface area contributed by atoms with E-state index >= 15 is 0 Å². The van der Waals surface area contributed by atoms with Gasteiger partial charge in [-0.1, -0.05) is 36.8 Å². The standard InChI is InChI=1S/C21H25N5O/c1-15(2)26-18(12-13-22-26)23-21(27)19-17-11-7-4-8-14-25(17)20(24-19)16-9-5-3-6-10-16/h3,5-6,9-10,12-13,15H,4,7-8,11,14H2,1-2H3,(H,23,27). The zero-order valence-corrected chi connectivity index (χ0v) is 15.9. The summed E-state index contributed by atoms with van der Waals surface area (Å²) in [7, 11) is 0. The molecule has 1 aliphatic heterocycles. The first-order valence-electron chi connectivity index (χ1n) is 9.65. The van der Waals surface area contributed by atoms with Crippen LogP contribution in [0, 0.1) is 0 Å². The number of hydrogen-bond acceptors (Lipinski definition) is 3. The third-order valence-corrected chi connectivity index (χ3v) is 5.02. The Balaban J connectivity index is 1.73. The molecule has 0 aliphatic carbocycles. The van der Waals surface area contributed by atoms with Crippen LogP contribution in [-0.2, 0) is 13.0 Å². The van der Waals surface area contributed by atoms with E-state index < -0.39 is 0 Å². The molecule has 4 rings (SSSR count). The number of carbonyl (C=O) groups is 1. The monoisotopic (exact) mass is 363 g/mol. The first-order chi connectivity index (χ1) is 13.1. The summed E-state index contributed by atoms with van der Waals surface area (Å²) < 4.78 is 4.04. The summed E-state index contributed by atoms with van der Waals surface area (Å²) in [6.45, 7) is 4.99. The van der Waals surface area contributed by atoms with E-state index in [0.29, 0.717) is 11.5 Å². The van der Waals surface area contributed by atoms with Gasteiger partial charge in [0, 0.05) is 24.2 Å². The van der Waals surface area contributed by atoms with Crippen molar-refractivity contribution in [2.24, 2.45) is 0 Å². The molecule has 27 heavy (non-hydrogen) atoms. The van der Waals surface area contributed by atoms with E-state index in [1.165, 1.54) is 6.42 Å². The Morgan fingerprint density at radius 3 is 2.70 bits per heavy atom. The van der Waals surface area contributed by atoms with Gasteiger partial charge < -0.3 is 9.88 Å². The third kappa shape index (κ3) is 3.39. The Hall–Kier alpha value is -2.89. The Bertz CT molecular complexity index is 939. The number of rotatable bonds is 4. The summed E-state index contributed by atoms with van der Waals surface area (Å²) in [5.41, 5.74) is 2.62. The van der Waals surface area contributed by atoms with Crippen molar-refractivity contribution in [1.29, 1.82) is 0 Å². The minimum Gasteiger partial charge on any atom is -0.327 e. The zero-order chi connectivity index (χ0) is 18.8. The second kappa shape index (κ2) is 7.39. The smallest absolute Gasteiger partial charge is 0.277 e. The Labute approximate surface area is 159 Å². The molecule has 1 N–H and O–H groups in total. The lowest BCUT2D eigenvalue weighted by Gasteiger charge is -2.12. The minimum absolute atomic E-state index is 0.162. The number of aromatic nitrogens is 4. The van der Waals surface area contributed by atoms with Crippen LogP contribution in [0.15, 0.2) is 42.6 Å². The van der Waals surface area contributed by atoms with Crippen LogP contribution in [-0.4, -0.2) is 25.2 Å². The lowest BCUT2D eigenvalue weighted by Crippen LogP contribution is -2.18. The molecule has 6 heteroatoms. The largest absolute Gasteiger partial charge is 0.327 e. The predicted molar refractivity (Wildman–Crippen MR) is 106 cm³/mol. The van der Waals surface area contributed by atoms with Crippen molar-refractivity contribution < 1.29 is 4.79 Å². The average molecular weight is 363 g/mol. The number of benzene rings is 1. The van der Waals surface area contributed by atoms with Crippen LogP contribution in [0.2, 0.25) is 0 Å². The summed E-state index contributed by atoms with van der Waals surface area (Å²) in [6.07, 6.45) is 5.97. The first kappa shape index (κ1) is 17.5. The SMILES string of the molecule is CC(C)n1nccc1NC(=O)c1nc(-c2ccccc2)n2c1CCCCC2. The third-order valence-electron chi connectivity index (χ3n) is 5.02. The van der Waals surface area contributed by atoms with Crippen LogP contribution in [0.3, 0.4) is 0 Å². The normalized spacial score (nSPS) is 14.0. The Morgan fingerprint density at radius 2 is 1.93 bits per heavy atom. The molecule has 0 bridgehead atoms. The van der Waals surface area contributed by atoms with Crippen LogP contribution in [0.25, 0.3) is 11.4 Å². The van der Waals surface area contributed by atoms with Gasteiger partial charge in [0.05, 0.1) is 11.9 Å². The van der Waals surface area contributed by atoms with Crippen molar-refractivity contribution in [2.75, 3.05) is 5.32 Å². The van der Waals surface area contributed by atoms with Gasteiger partial charge in [-0.15, -0.1) is 0 Å². The van der Waals surface area contributed by atoms with Gasteiger partial charge in [-0.2, -0.15) is 5.10 Å². The van der Waals surface area contributed by atoms with Gasteiger partial charge in [-0.3, -0.25) is 4.79 Å². The van der Waals surface area contributed by atoms with Gasteiger partial charge in [0.25, 0.3) is 5.91 Å². The van der Waals surface area contributed by atoms with Crippen LogP contribution >= 0.6 is 0 Å². The maximum Gasteiger partial charge on any atom is 0.277 e. The molecule has 1 amide bonds. The van der Waals surface area contributed by atoms with E-state index in [-0.39, 0.29) is 11.9 Å². The van der Waals surface area contributed by atoms with Crippen molar-refractivity contribution in [2.45, 2.75) is 52.1 Å². The number of nitrogens with zero attached hydrogens (tertiary/aromatic N) is 4. The zero-order valence-electron chi connectivity index (χ0n) is 15.9. The van der Waals surface area contributed by atoms with Crippen molar-refractivity contribution in [3.63, 3.8) is 0 Å². The molecule has 6 nitrogen and oxygen atoms in total. The van der Waals surface area contributed by atoms with E-state index in [9.17, 15) is 4.79 Å². The highest BCUT2D eigenvalue weighted by atomic mass is 16.2. The van der Waals surface area contributed by atoms with E-state index in [2.05, 4.69) is 27.1 Å². The topological polar surface area (TPSA) is 64.7 Å². The van der Waals surface area contributed by atoms with Gasteiger partial charge in [0.1, 0.15) is 17.3 Å². The van der Waals surface area contributed by atoms with Crippen LogP contribution in [0.1, 0.15) is 55.3 Å². The molecule has 0 saturated carbocycles. The quantitative estimate of drug-likeness (QED) is 0.751. The highest BCUT2D eigenvalue weighted by molar-refractivity contribution is 6.03. The summed E-state index contributed by atoms with van der Waals surface area (Å²) in [5.74, 6) is 1.42. The predicted octanol–water partition coefficient (Wildman–Crippen LogP) is 4.31. The molecule has 0 radical (unpaired) electrons. The highest BCUT2D eigenvalue weighted by Gasteiger charge is 2.25. The summed E-state index contributed by atoms with van der Waals surface area (Å²) in [6, 6.07) is 12.1. The molecule has 0 fully saturated rings. The van der Waals surface area contributed by atoms with E-state index in [1.54, 1.807) is 6.20 Å². The van der Waals surface area contributed by atoms with E-state index in [4.69, 9.17) is 4.98 Å². The summed E-state index contributed by atoms with van der Waals surface area (Å²) >= 11 is 0.